The molecule has 110 valence electrons. The van der Waals surface area contributed by atoms with Crippen molar-refractivity contribution in [1.29, 1.82) is 0 Å². The molecule has 0 aliphatic heterocycles. The average Bonchev–Trinajstić information content (AvgIpc) is 2.51. The van der Waals surface area contributed by atoms with E-state index in [1.54, 1.807) is 0 Å². The van der Waals surface area contributed by atoms with Crippen LogP contribution in [0.2, 0.25) is 0 Å². The number of nitrogens with one attached hydrogen (secondary N) is 1. The van der Waals surface area contributed by atoms with Crippen LogP contribution >= 0.6 is 31.9 Å². The number of carbonyl (C=O) groups excluding carboxylic acids is 1. The third-order valence-corrected chi connectivity index (χ3v) is 5.11. The highest BCUT2D eigenvalue weighted by atomic mass is 79.9. The lowest BCUT2D eigenvalue weighted by molar-refractivity contribution is 0.102. The molecule has 3 aromatic rings. The van der Waals surface area contributed by atoms with Crippen molar-refractivity contribution in [3.63, 3.8) is 0 Å². The number of hydrogen-bond donors (Lipinski definition) is 1. The quantitative estimate of drug-likeness (QED) is 0.549. The largest absolute Gasteiger partial charge is 0.322 e. The van der Waals surface area contributed by atoms with E-state index in [4.69, 9.17) is 0 Å². The molecule has 0 aliphatic carbocycles. The topological polar surface area (TPSA) is 29.1 Å². The molecule has 1 N–H and O–H groups in total. The maximum absolute atomic E-state index is 12.6. The van der Waals surface area contributed by atoms with Crippen LogP contribution in [0.15, 0.2) is 63.5 Å². The fraction of sp³-hybridized carbons (Fsp3) is 0.0556. The molecular weight excluding hydrogens is 406 g/mol. The van der Waals surface area contributed by atoms with E-state index in [1.807, 2.05) is 61.5 Å². The Bertz CT molecular complexity index is 874. The maximum Gasteiger partial charge on any atom is 0.256 e. The zero-order valence-electron chi connectivity index (χ0n) is 11.9. The first-order valence-corrected chi connectivity index (χ1v) is 8.39. The summed E-state index contributed by atoms with van der Waals surface area (Å²) >= 11 is 6.99. The molecule has 3 aromatic carbocycles. The lowest BCUT2D eigenvalue weighted by Crippen LogP contribution is -2.12. The first-order valence-electron chi connectivity index (χ1n) is 6.81. The van der Waals surface area contributed by atoms with Gasteiger partial charge < -0.3 is 5.32 Å². The highest BCUT2D eigenvalue weighted by Crippen LogP contribution is 2.27. The Kier molecular flexibility index (Phi) is 4.32. The van der Waals surface area contributed by atoms with Gasteiger partial charge in [0.05, 0.1) is 0 Å². The zero-order chi connectivity index (χ0) is 15.7. The predicted molar refractivity (Wildman–Crippen MR) is 98.5 cm³/mol. The molecule has 0 bridgehead atoms. The average molecular weight is 419 g/mol. The Hall–Kier alpha value is -1.65. The molecule has 2 nitrogen and oxygen atoms in total. The van der Waals surface area contributed by atoms with E-state index in [-0.39, 0.29) is 5.91 Å². The molecule has 0 spiro atoms. The van der Waals surface area contributed by atoms with Crippen LogP contribution < -0.4 is 5.32 Å². The molecule has 0 unspecified atom stereocenters. The van der Waals surface area contributed by atoms with Crippen molar-refractivity contribution in [3.8, 4) is 0 Å². The van der Waals surface area contributed by atoms with E-state index in [2.05, 4.69) is 37.2 Å². The molecule has 0 fully saturated rings. The fourth-order valence-electron chi connectivity index (χ4n) is 2.39. The van der Waals surface area contributed by atoms with Gasteiger partial charge in [0.25, 0.3) is 5.91 Å². The van der Waals surface area contributed by atoms with Crippen LogP contribution in [0, 0.1) is 6.92 Å². The van der Waals surface area contributed by atoms with Gasteiger partial charge >= 0.3 is 0 Å². The van der Waals surface area contributed by atoms with Crippen molar-refractivity contribution in [2.75, 3.05) is 5.32 Å². The van der Waals surface area contributed by atoms with E-state index in [1.165, 1.54) is 0 Å². The van der Waals surface area contributed by atoms with Gasteiger partial charge in [-0.1, -0.05) is 56.1 Å². The Morgan fingerprint density at radius 3 is 2.41 bits per heavy atom. The number of hydrogen-bond acceptors (Lipinski definition) is 1. The molecule has 3 rings (SSSR count). The van der Waals surface area contributed by atoms with E-state index < -0.39 is 0 Å². The Labute approximate surface area is 145 Å². The number of anilines is 1. The highest BCUT2D eigenvalue weighted by molar-refractivity contribution is 9.11. The number of aryl methyl sites for hydroxylation is 1. The van der Waals surface area contributed by atoms with Gasteiger partial charge in [0, 0.05) is 20.2 Å². The lowest BCUT2D eigenvalue weighted by Gasteiger charge is -2.10. The van der Waals surface area contributed by atoms with Crippen LogP contribution in [0.4, 0.5) is 5.69 Å². The number of halogens is 2. The first-order chi connectivity index (χ1) is 10.6. The summed E-state index contributed by atoms with van der Waals surface area (Å²) in [7, 11) is 0. The molecule has 1 amide bonds. The van der Waals surface area contributed by atoms with Gasteiger partial charge in [-0.15, -0.1) is 0 Å². The van der Waals surface area contributed by atoms with Gasteiger partial charge in [0.2, 0.25) is 0 Å². The molecule has 0 saturated heterocycles. The highest BCUT2D eigenvalue weighted by Gasteiger charge is 2.11. The standard InChI is InChI=1S/C18H13Br2NO/c1-11-10-12(8-9-16(11)19)21-18(22)15-6-2-5-14-13(15)4-3-7-17(14)20/h2-10H,1H3,(H,21,22). The zero-order valence-corrected chi connectivity index (χ0v) is 15.0. The molecule has 0 aliphatic rings. The number of carbonyl (C=O) groups is 1. The van der Waals surface area contributed by atoms with Crippen LogP contribution in [0.25, 0.3) is 10.8 Å². The smallest absolute Gasteiger partial charge is 0.256 e. The number of fused-ring (bicyclic) bond motifs is 1. The van der Waals surface area contributed by atoms with Crippen molar-refractivity contribution < 1.29 is 4.79 Å². The van der Waals surface area contributed by atoms with Crippen LogP contribution in [0.1, 0.15) is 15.9 Å². The van der Waals surface area contributed by atoms with Crippen molar-refractivity contribution in [2.24, 2.45) is 0 Å². The minimum absolute atomic E-state index is 0.106. The van der Waals surface area contributed by atoms with E-state index in [9.17, 15) is 4.79 Å². The van der Waals surface area contributed by atoms with Gasteiger partial charge in [-0.25, -0.2) is 0 Å². The molecule has 4 heteroatoms. The molecular formula is C18H13Br2NO. The summed E-state index contributed by atoms with van der Waals surface area (Å²) in [6.45, 7) is 1.99. The summed E-state index contributed by atoms with van der Waals surface area (Å²) < 4.78 is 2.01. The van der Waals surface area contributed by atoms with Crippen molar-refractivity contribution in [2.45, 2.75) is 6.92 Å². The second-order valence-electron chi connectivity index (χ2n) is 5.06. The molecule has 0 saturated carbocycles. The van der Waals surface area contributed by atoms with E-state index >= 15 is 0 Å². The second-order valence-corrected chi connectivity index (χ2v) is 6.77. The third-order valence-electron chi connectivity index (χ3n) is 3.53. The van der Waals surface area contributed by atoms with Gasteiger partial charge in [0.15, 0.2) is 0 Å². The van der Waals surface area contributed by atoms with Gasteiger partial charge in [0.1, 0.15) is 0 Å². The minimum atomic E-state index is -0.106. The normalized spacial score (nSPS) is 10.7. The molecule has 0 heterocycles. The summed E-state index contributed by atoms with van der Waals surface area (Å²) in [5.41, 5.74) is 2.54. The van der Waals surface area contributed by atoms with Crippen LogP contribution in [0.5, 0.6) is 0 Å². The summed E-state index contributed by atoms with van der Waals surface area (Å²) in [5.74, 6) is -0.106. The van der Waals surface area contributed by atoms with Crippen molar-refractivity contribution in [1.82, 2.24) is 0 Å². The van der Waals surface area contributed by atoms with Gasteiger partial charge in [-0.2, -0.15) is 0 Å². The third kappa shape index (κ3) is 2.94. The number of amides is 1. The van der Waals surface area contributed by atoms with E-state index in [0.717, 1.165) is 31.0 Å². The number of benzene rings is 3. The van der Waals surface area contributed by atoms with Gasteiger partial charge in [-0.3, -0.25) is 4.79 Å². The second kappa shape index (κ2) is 6.23. The Morgan fingerprint density at radius 1 is 0.909 bits per heavy atom. The van der Waals surface area contributed by atoms with Crippen LogP contribution in [-0.2, 0) is 0 Å². The molecule has 22 heavy (non-hydrogen) atoms. The Morgan fingerprint density at radius 2 is 1.64 bits per heavy atom. The van der Waals surface area contributed by atoms with Gasteiger partial charge in [-0.05, 0) is 53.6 Å². The summed E-state index contributed by atoms with van der Waals surface area (Å²) in [4.78, 5) is 12.6. The van der Waals surface area contributed by atoms with Crippen LogP contribution in [-0.4, -0.2) is 5.91 Å². The summed E-state index contributed by atoms with van der Waals surface area (Å²) in [6, 6.07) is 17.4. The summed E-state index contributed by atoms with van der Waals surface area (Å²) in [6.07, 6.45) is 0. The molecule has 0 aromatic heterocycles. The van der Waals surface area contributed by atoms with Crippen molar-refractivity contribution >= 4 is 54.2 Å². The van der Waals surface area contributed by atoms with E-state index in [0.29, 0.717) is 5.56 Å². The SMILES string of the molecule is Cc1cc(NC(=O)c2cccc3c(Br)cccc23)ccc1Br. The summed E-state index contributed by atoms with van der Waals surface area (Å²) in [5, 5.41) is 4.93. The number of rotatable bonds is 2. The fourth-order valence-corrected chi connectivity index (χ4v) is 3.14. The Balaban J connectivity index is 1.99. The minimum Gasteiger partial charge on any atom is -0.322 e. The van der Waals surface area contributed by atoms with Crippen LogP contribution in [0.3, 0.4) is 0 Å². The first kappa shape index (κ1) is 15.3. The monoisotopic (exact) mass is 417 g/mol. The lowest BCUT2D eigenvalue weighted by atomic mass is 10.0. The van der Waals surface area contributed by atoms with Crippen molar-refractivity contribution in [3.05, 3.63) is 74.7 Å². The predicted octanol–water partition coefficient (Wildman–Crippen LogP) is 5.93. The maximum atomic E-state index is 12.6. The molecule has 0 atom stereocenters. The molecule has 0 radical (unpaired) electrons.